The molecule has 0 saturated carbocycles. The highest BCUT2D eigenvalue weighted by molar-refractivity contribution is 5.86. The minimum Gasteiger partial charge on any atom is -0.364 e. The summed E-state index contributed by atoms with van der Waals surface area (Å²) < 4.78 is 2.04. The summed E-state index contributed by atoms with van der Waals surface area (Å²) in [7, 11) is 0. The van der Waals surface area contributed by atoms with Crippen molar-refractivity contribution in [3.63, 3.8) is 0 Å². The number of nitrogens with one attached hydrogen (secondary N) is 2. The van der Waals surface area contributed by atoms with Crippen molar-refractivity contribution in [2.45, 2.75) is 46.2 Å². The van der Waals surface area contributed by atoms with Crippen LogP contribution < -0.4 is 10.6 Å². The van der Waals surface area contributed by atoms with Gasteiger partial charge >= 0.3 is 6.03 Å². The fraction of sp³-hybridized carbons (Fsp3) is 0.500. The summed E-state index contributed by atoms with van der Waals surface area (Å²) in [5.41, 5.74) is 2.32. The van der Waals surface area contributed by atoms with Gasteiger partial charge in [0.2, 0.25) is 0 Å². The predicted octanol–water partition coefficient (Wildman–Crippen LogP) is 2.22. The molecule has 4 rings (SSSR count). The monoisotopic (exact) mass is 409 g/mol. The fourth-order valence-electron chi connectivity index (χ4n) is 3.67. The third kappa shape index (κ3) is 3.89. The van der Waals surface area contributed by atoms with Gasteiger partial charge in [0.25, 0.3) is 0 Å². The van der Waals surface area contributed by atoms with Crippen molar-refractivity contribution in [2.75, 3.05) is 25.0 Å². The lowest BCUT2D eigenvalue weighted by Crippen LogP contribution is -2.39. The molecular formula is C20H27N9O. The summed E-state index contributed by atoms with van der Waals surface area (Å²) in [6.07, 6.45) is 6.89. The van der Waals surface area contributed by atoms with E-state index in [0.29, 0.717) is 36.8 Å². The van der Waals surface area contributed by atoms with Gasteiger partial charge in [-0.05, 0) is 26.7 Å². The van der Waals surface area contributed by atoms with E-state index in [9.17, 15) is 4.79 Å². The second kappa shape index (κ2) is 8.60. The quantitative estimate of drug-likeness (QED) is 0.642. The van der Waals surface area contributed by atoms with Crippen molar-refractivity contribution < 1.29 is 4.79 Å². The number of likely N-dealkylation sites (tertiary alicyclic amines) is 1. The zero-order chi connectivity index (χ0) is 21.1. The fourth-order valence-corrected chi connectivity index (χ4v) is 3.67. The van der Waals surface area contributed by atoms with E-state index in [1.807, 2.05) is 23.3 Å². The lowest BCUT2D eigenvalue weighted by Gasteiger charge is -2.18. The Hall–Kier alpha value is -3.30. The highest BCUT2D eigenvalue weighted by Gasteiger charge is 2.27. The molecule has 3 aromatic rings. The molecule has 158 valence electrons. The number of rotatable bonds is 6. The number of hydrogen-bond acceptors (Lipinski definition) is 7. The molecule has 1 saturated heterocycles. The van der Waals surface area contributed by atoms with E-state index >= 15 is 0 Å². The molecule has 0 aromatic carbocycles. The molecule has 2 amide bonds. The van der Waals surface area contributed by atoms with E-state index in [-0.39, 0.29) is 12.1 Å². The molecule has 1 fully saturated rings. The molecule has 1 aliphatic heterocycles. The molecule has 1 aliphatic rings. The van der Waals surface area contributed by atoms with Crippen molar-refractivity contribution in [3.8, 4) is 11.4 Å². The number of amides is 2. The van der Waals surface area contributed by atoms with Crippen LogP contribution >= 0.6 is 0 Å². The Morgan fingerprint density at radius 2 is 2.00 bits per heavy atom. The molecule has 1 unspecified atom stereocenters. The van der Waals surface area contributed by atoms with Crippen molar-refractivity contribution in [3.05, 3.63) is 24.5 Å². The number of hydrogen-bond donors (Lipinski definition) is 2. The van der Waals surface area contributed by atoms with Gasteiger partial charge in [-0.1, -0.05) is 6.92 Å². The van der Waals surface area contributed by atoms with E-state index in [1.54, 1.807) is 18.7 Å². The van der Waals surface area contributed by atoms with Crippen LogP contribution in [0.1, 0.15) is 32.5 Å². The first-order valence-electron chi connectivity index (χ1n) is 10.4. The number of urea groups is 1. The summed E-state index contributed by atoms with van der Waals surface area (Å²) in [6.45, 7) is 8.71. The second-order valence-corrected chi connectivity index (χ2v) is 7.40. The van der Waals surface area contributed by atoms with Crippen LogP contribution in [-0.2, 0) is 6.54 Å². The Kier molecular flexibility index (Phi) is 5.73. The van der Waals surface area contributed by atoms with Crippen LogP contribution in [0.3, 0.4) is 0 Å². The first kappa shape index (κ1) is 20.0. The average Bonchev–Trinajstić information content (AvgIpc) is 3.37. The zero-order valence-electron chi connectivity index (χ0n) is 17.6. The van der Waals surface area contributed by atoms with Crippen LogP contribution in [0.25, 0.3) is 22.6 Å². The van der Waals surface area contributed by atoms with Crippen LogP contribution in [0.4, 0.5) is 10.6 Å². The Morgan fingerprint density at radius 1 is 1.20 bits per heavy atom. The molecular weight excluding hydrogens is 382 g/mol. The molecule has 30 heavy (non-hydrogen) atoms. The summed E-state index contributed by atoms with van der Waals surface area (Å²) in [5, 5.41) is 6.41. The standard InChI is InChI=1S/C20H27N9O/c1-4-7-21-20(30)28-8-6-15(11-28)26-17-16-19(25-12-24-17)29(5-2)18(27-16)14-9-22-13(3)23-10-14/h9-10,12,15H,4-8,11H2,1-3H3,(H,21,30)(H,24,25,26). The number of aryl methyl sites for hydroxylation is 2. The molecule has 1 atom stereocenters. The van der Waals surface area contributed by atoms with Crippen molar-refractivity contribution in [2.24, 2.45) is 0 Å². The van der Waals surface area contributed by atoms with Crippen LogP contribution in [-0.4, -0.2) is 66.1 Å². The summed E-state index contributed by atoms with van der Waals surface area (Å²) in [6, 6.07) is 0.110. The lowest BCUT2D eigenvalue weighted by molar-refractivity contribution is 0.208. The predicted molar refractivity (Wildman–Crippen MR) is 114 cm³/mol. The number of nitrogens with zero attached hydrogens (tertiary/aromatic N) is 7. The molecule has 4 heterocycles. The average molecular weight is 409 g/mol. The lowest BCUT2D eigenvalue weighted by atomic mass is 10.2. The highest BCUT2D eigenvalue weighted by Crippen LogP contribution is 2.27. The SMILES string of the molecule is CCCNC(=O)N1CCC(Nc2ncnc3c2nc(-c2cnc(C)nc2)n3CC)C1. The molecule has 10 nitrogen and oxygen atoms in total. The topological polar surface area (TPSA) is 114 Å². The smallest absolute Gasteiger partial charge is 0.317 e. The summed E-state index contributed by atoms with van der Waals surface area (Å²) in [5.74, 6) is 2.17. The Labute approximate surface area is 175 Å². The van der Waals surface area contributed by atoms with E-state index in [0.717, 1.165) is 36.4 Å². The van der Waals surface area contributed by atoms with Gasteiger partial charge in [-0.2, -0.15) is 0 Å². The van der Waals surface area contributed by atoms with E-state index < -0.39 is 0 Å². The molecule has 3 aromatic heterocycles. The van der Waals surface area contributed by atoms with Crippen LogP contribution in [0.5, 0.6) is 0 Å². The number of anilines is 1. The van der Waals surface area contributed by atoms with Crippen molar-refractivity contribution in [1.82, 2.24) is 39.7 Å². The Bertz CT molecular complexity index is 1030. The minimum atomic E-state index is -0.00842. The number of aromatic nitrogens is 6. The highest BCUT2D eigenvalue weighted by atomic mass is 16.2. The maximum absolute atomic E-state index is 12.2. The van der Waals surface area contributed by atoms with Gasteiger partial charge in [-0.15, -0.1) is 0 Å². The number of fused-ring (bicyclic) bond motifs is 1. The number of carbonyl (C=O) groups is 1. The largest absolute Gasteiger partial charge is 0.364 e. The molecule has 0 bridgehead atoms. The van der Waals surface area contributed by atoms with Crippen LogP contribution in [0, 0.1) is 6.92 Å². The Balaban J connectivity index is 1.58. The number of imidazole rings is 1. The summed E-state index contributed by atoms with van der Waals surface area (Å²) >= 11 is 0. The minimum absolute atomic E-state index is 0.00842. The van der Waals surface area contributed by atoms with Crippen LogP contribution in [0.15, 0.2) is 18.7 Å². The summed E-state index contributed by atoms with van der Waals surface area (Å²) in [4.78, 5) is 36.4. The van der Waals surface area contributed by atoms with Crippen molar-refractivity contribution >= 4 is 23.0 Å². The van der Waals surface area contributed by atoms with E-state index in [2.05, 4.69) is 37.5 Å². The second-order valence-electron chi connectivity index (χ2n) is 7.40. The van der Waals surface area contributed by atoms with Crippen molar-refractivity contribution in [1.29, 1.82) is 0 Å². The maximum Gasteiger partial charge on any atom is 0.317 e. The third-order valence-electron chi connectivity index (χ3n) is 5.23. The molecule has 0 aliphatic carbocycles. The van der Waals surface area contributed by atoms with Gasteiger partial charge < -0.3 is 20.1 Å². The number of carbonyl (C=O) groups excluding carboxylic acids is 1. The first-order valence-corrected chi connectivity index (χ1v) is 10.4. The molecule has 2 N–H and O–H groups in total. The van der Waals surface area contributed by atoms with E-state index in [1.165, 1.54) is 0 Å². The van der Waals surface area contributed by atoms with Gasteiger partial charge in [0, 0.05) is 44.6 Å². The van der Waals surface area contributed by atoms with Gasteiger partial charge in [0.15, 0.2) is 17.0 Å². The Morgan fingerprint density at radius 3 is 2.73 bits per heavy atom. The normalized spacial score (nSPS) is 16.2. The third-order valence-corrected chi connectivity index (χ3v) is 5.23. The van der Waals surface area contributed by atoms with Gasteiger partial charge in [0.05, 0.1) is 5.56 Å². The molecule has 0 spiro atoms. The van der Waals surface area contributed by atoms with Gasteiger partial charge in [-0.25, -0.2) is 29.7 Å². The maximum atomic E-state index is 12.2. The molecule has 10 heteroatoms. The molecule has 0 radical (unpaired) electrons. The van der Waals surface area contributed by atoms with Crippen LogP contribution in [0.2, 0.25) is 0 Å². The van der Waals surface area contributed by atoms with Gasteiger partial charge in [0.1, 0.15) is 18.0 Å². The van der Waals surface area contributed by atoms with E-state index in [4.69, 9.17) is 4.98 Å². The first-order chi connectivity index (χ1) is 14.6. The zero-order valence-corrected chi connectivity index (χ0v) is 17.6. The van der Waals surface area contributed by atoms with Gasteiger partial charge in [-0.3, -0.25) is 0 Å².